The summed E-state index contributed by atoms with van der Waals surface area (Å²) in [6.45, 7) is 4.36. The van der Waals surface area contributed by atoms with Crippen LogP contribution >= 0.6 is 0 Å². The average molecular weight is 456 g/mol. The summed E-state index contributed by atoms with van der Waals surface area (Å²) < 4.78 is 11.4. The number of hydrogen-bond donors (Lipinski definition) is 1. The third-order valence-corrected chi connectivity index (χ3v) is 6.13. The van der Waals surface area contributed by atoms with Gasteiger partial charge in [0.1, 0.15) is 23.4 Å². The van der Waals surface area contributed by atoms with E-state index in [0.29, 0.717) is 35.6 Å². The van der Waals surface area contributed by atoms with Gasteiger partial charge in [0.05, 0.1) is 18.2 Å². The van der Waals surface area contributed by atoms with Crippen LogP contribution in [0.25, 0.3) is 5.76 Å². The molecule has 2 unspecified atom stereocenters. The highest BCUT2D eigenvalue weighted by Crippen LogP contribution is 2.43. The smallest absolute Gasteiger partial charge is 0.300 e. The van der Waals surface area contributed by atoms with Crippen molar-refractivity contribution in [3.8, 4) is 11.5 Å². The summed E-state index contributed by atoms with van der Waals surface area (Å²) in [5.41, 5.74) is 2.74. The first-order valence-electron chi connectivity index (χ1n) is 11.4. The van der Waals surface area contributed by atoms with Gasteiger partial charge in [-0.05, 0) is 67.4 Å². The van der Waals surface area contributed by atoms with Crippen molar-refractivity contribution >= 4 is 23.1 Å². The van der Waals surface area contributed by atoms with Gasteiger partial charge in [-0.1, -0.05) is 30.3 Å². The number of carbonyl (C=O) groups excluding carboxylic acids is 2. The van der Waals surface area contributed by atoms with E-state index in [0.717, 1.165) is 11.3 Å². The molecule has 1 fully saturated rings. The lowest BCUT2D eigenvalue weighted by Crippen LogP contribution is -2.29. The zero-order valence-electron chi connectivity index (χ0n) is 19.0. The topological polar surface area (TPSA) is 76.1 Å². The number of ether oxygens (including phenoxy) is 2. The minimum absolute atomic E-state index is 0.0504. The zero-order valence-corrected chi connectivity index (χ0v) is 19.0. The molecule has 172 valence electrons. The maximum absolute atomic E-state index is 13.3. The van der Waals surface area contributed by atoms with E-state index in [1.54, 1.807) is 24.3 Å². The van der Waals surface area contributed by atoms with E-state index in [-0.39, 0.29) is 17.4 Å². The maximum atomic E-state index is 13.3. The molecule has 0 bridgehead atoms. The monoisotopic (exact) mass is 455 g/mol. The second-order valence-electron chi connectivity index (χ2n) is 8.47. The van der Waals surface area contributed by atoms with Gasteiger partial charge in [-0.15, -0.1) is 0 Å². The van der Waals surface area contributed by atoms with E-state index < -0.39 is 17.7 Å². The molecule has 1 amide bonds. The van der Waals surface area contributed by atoms with Crippen LogP contribution in [-0.4, -0.2) is 29.5 Å². The third-order valence-electron chi connectivity index (χ3n) is 6.13. The average Bonchev–Trinajstić information content (AvgIpc) is 3.35. The Labute approximate surface area is 198 Å². The van der Waals surface area contributed by atoms with Crippen molar-refractivity contribution in [3.05, 3.63) is 95.1 Å². The molecule has 2 aliphatic heterocycles. The SMILES string of the molecule is CCOc1cccc(C2/C(=C(/O)c3ccc4c(c3)CC(C)O4)C(=O)C(=O)N2c2ccccc2)c1. The quantitative estimate of drug-likeness (QED) is 0.332. The summed E-state index contributed by atoms with van der Waals surface area (Å²) >= 11 is 0. The van der Waals surface area contributed by atoms with Crippen molar-refractivity contribution < 1.29 is 24.2 Å². The number of amides is 1. The molecule has 34 heavy (non-hydrogen) atoms. The normalized spacial score (nSPS) is 20.8. The van der Waals surface area contributed by atoms with Gasteiger partial charge in [-0.25, -0.2) is 0 Å². The number of aliphatic hydroxyl groups is 1. The summed E-state index contributed by atoms with van der Waals surface area (Å²) in [6.07, 6.45) is 0.770. The fourth-order valence-electron chi connectivity index (χ4n) is 4.67. The molecule has 0 spiro atoms. The summed E-state index contributed by atoms with van der Waals surface area (Å²) in [5.74, 6) is -0.209. The number of ketones is 1. The molecular weight excluding hydrogens is 430 g/mol. The number of para-hydroxylation sites is 1. The van der Waals surface area contributed by atoms with E-state index in [1.807, 2.05) is 62.4 Å². The Morgan fingerprint density at radius 2 is 1.85 bits per heavy atom. The molecule has 3 aromatic carbocycles. The lowest BCUT2D eigenvalue weighted by Gasteiger charge is -2.25. The van der Waals surface area contributed by atoms with Crippen LogP contribution < -0.4 is 14.4 Å². The second-order valence-corrected chi connectivity index (χ2v) is 8.47. The molecule has 2 aliphatic rings. The van der Waals surface area contributed by atoms with Crippen LogP contribution in [0.15, 0.2) is 78.4 Å². The lowest BCUT2D eigenvalue weighted by atomic mass is 9.94. The lowest BCUT2D eigenvalue weighted by molar-refractivity contribution is -0.132. The first-order valence-corrected chi connectivity index (χ1v) is 11.4. The van der Waals surface area contributed by atoms with Crippen LogP contribution in [-0.2, 0) is 16.0 Å². The van der Waals surface area contributed by atoms with Crippen molar-refractivity contribution in [1.82, 2.24) is 0 Å². The molecule has 3 aromatic rings. The van der Waals surface area contributed by atoms with E-state index in [1.165, 1.54) is 4.90 Å². The van der Waals surface area contributed by atoms with E-state index in [9.17, 15) is 14.7 Å². The van der Waals surface area contributed by atoms with Crippen LogP contribution in [0.3, 0.4) is 0 Å². The summed E-state index contributed by atoms with van der Waals surface area (Å²) in [6, 6.07) is 20.8. The van der Waals surface area contributed by atoms with Crippen molar-refractivity contribution in [2.24, 2.45) is 0 Å². The van der Waals surface area contributed by atoms with Gasteiger partial charge in [0.25, 0.3) is 11.7 Å². The fraction of sp³-hybridized carbons (Fsp3) is 0.214. The second kappa shape index (κ2) is 8.71. The molecule has 6 nitrogen and oxygen atoms in total. The highest BCUT2D eigenvalue weighted by atomic mass is 16.5. The Kier molecular flexibility index (Phi) is 5.57. The molecular formula is C28H25NO5. The van der Waals surface area contributed by atoms with Crippen molar-refractivity contribution in [1.29, 1.82) is 0 Å². The van der Waals surface area contributed by atoms with Gasteiger partial charge in [-0.2, -0.15) is 0 Å². The number of rotatable bonds is 5. The van der Waals surface area contributed by atoms with Crippen molar-refractivity contribution in [2.45, 2.75) is 32.4 Å². The van der Waals surface area contributed by atoms with Crippen LogP contribution in [0.2, 0.25) is 0 Å². The Balaban J connectivity index is 1.68. The van der Waals surface area contributed by atoms with E-state index in [2.05, 4.69) is 0 Å². The Hall–Kier alpha value is -4.06. The number of fused-ring (bicyclic) bond motifs is 1. The third kappa shape index (κ3) is 3.71. The first-order chi connectivity index (χ1) is 16.5. The standard InChI is InChI=1S/C28H25NO5/c1-3-33-22-11-7-8-18(16-22)25-24(27(31)28(32)29(25)21-9-5-4-6-10-21)26(30)19-12-13-23-20(15-19)14-17(2)34-23/h4-13,15-17,25,30H,3,14H2,1-2H3/b26-24-. The molecule has 0 aliphatic carbocycles. The van der Waals surface area contributed by atoms with E-state index >= 15 is 0 Å². The predicted octanol–water partition coefficient (Wildman–Crippen LogP) is 5.04. The number of nitrogens with zero attached hydrogens (tertiary/aromatic N) is 1. The highest BCUT2D eigenvalue weighted by molar-refractivity contribution is 6.51. The fourth-order valence-corrected chi connectivity index (χ4v) is 4.67. The minimum atomic E-state index is -0.800. The van der Waals surface area contributed by atoms with Crippen LogP contribution in [0.4, 0.5) is 5.69 Å². The Morgan fingerprint density at radius 3 is 2.62 bits per heavy atom. The van der Waals surface area contributed by atoms with Gasteiger partial charge in [-0.3, -0.25) is 14.5 Å². The molecule has 2 atom stereocenters. The van der Waals surface area contributed by atoms with Gasteiger partial charge >= 0.3 is 0 Å². The number of hydrogen-bond acceptors (Lipinski definition) is 5. The number of carbonyl (C=O) groups is 2. The highest BCUT2D eigenvalue weighted by Gasteiger charge is 2.47. The summed E-state index contributed by atoms with van der Waals surface area (Å²) in [4.78, 5) is 28.0. The van der Waals surface area contributed by atoms with Gasteiger partial charge in [0.15, 0.2) is 0 Å². The number of benzene rings is 3. The first kappa shape index (κ1) is 21.8. The Bertz CT molecular complexity index is 1300. The Morgan fingerprint density at radius 1 is 1.06 bits per heavy atom. The summed E-state index contributed by atoms with van der Waals surface area (Å²) in [5, 5.41) is 11.4. The maximum Gasteiger partial charge on any atom is 0.300 e. The number of anilines is 1. The van der Waals surface area contributed by atoms with Crippen LogP contribution in [0.5, 0.6) is 11.5 Å². The van der Waals surface area contributed by atoms with Gasteiger partial charge < -0.3 is 14.6 Å². The molecule has 5 rings (SSSR count). The number of aliphatic hydroxyl groups excluding tert-OH is 1. The van der Waals surface area contributed by atoms with Crippen molar-refractivity contribution in [3.63, 3.8) is 0 Å². The predicted molar refractivity (Wildman–Crippen MR) is 129 cm³/mol. The summed E-state index contributed by atoms with van der Waals surface area (Å²) in [7, 11) is 0. The van der Waals surface area contributed by atoms with Crippen LogP contribution in [0.1, 0.15) is 36.6 Å². The zero-order chi connectivity index (χ0) is 23.8. The molecule has 0 saturated carbocycles. The molecule has 0 radical (unpaired) electrons. The molecule has 1 N–H and O–H groups in total. The van der Waals surface area contributed by atoms with Gasteiger partial charge in [0, 0.05) is 17.7 Å². The largest absolute Gasteiger partial charge is 0.507 e. The molecule has 1 saturated heterocycles. The van der Waals surface area contributed by atoms with Crippen LogP contribution in [0, 0.1) is 0 Å². The molecule has 6 heteroatoms. The number of Topliss-reactive ketones (excluding diaryl/α,β-unsaturated/α-hetero) is 1. The minimum Gasteiger partial charge on any atom is -0.507 e. The molecule has 0 aromatic heterocycles. The molecule has 2 heterocycles. The van der Waals surface area contributed by atoms with Crippen molar-refractivity contribution in [2.75, 3.05) is 11.5 Å². The van der Waals surface area contributed by atoms with Gasteiger partial charge in [0.2, 0.25) is 0 Å². The van der Waals surface area contributed by atoms with E-state index in [4.69, 9.17) is 9.47 Å².